The van der Waals surface area contributed by atoms with Crippen LogP contribution in [0, 0.1) is 11.5 Å². The van der Waals surface area contributed by atoms with Gasteiger partial charge in [-0.15, -0.1) is 0 Å². The van der Waals surface area contributed by atoms with E-state index in [1.165, 1.54) is 0 Å². The van der Waals surface area contributed by atoms with Crippen molar-refractivity contribution in [2.24, 2.45) is 0 Å². The maximum Gasteiger partial charge on any atom is 0.247 e. The predicted molar refractivity (Wildman–Crippen MR) is 88.5 cm³/mol. The monoisotopic (exact) mass is 322 g/mol. The Kier molecular flexibility index (Phi) is 3.67. The molecule has 1 atom stereocenters. The molecule has 4 rings (SSSR count). The summed E-state index contributed by atoms with van der Waals surface area (Å²) in [5.74, 6) is 0.692. The van der Waals surface area contributed by atoms with Gasteiger partial charge in [-0.3, -0.25) is 14.6 Å². The van der Waals surface area contributed by atoms with Crippen LogP contribution in [0.5, 0.6) is 0 Å². The number of amides is 1. The molecule has 0 radical (unpaired) electrons. The van der Waals surface area contributed by atoms with Gasteiger partial charge in [-0.2, -0.15) is 5.26 Å². The van der Waals surface area contributed by atoms with E-state index >= 15 is 0 Å². The van der Waals surface area contributed by atoms with Crippen LogP contribution in [0.3, 0.4) is 0 Å². The van der Waals surface area contributed by atoms with Crippen LogP contribution < -0.4 is 4.90 Å². The quantitative estimate of drug-likeness (QED) is 0.761. The third-order valence-corrected chi connectivity index (χ3v) is 4.69. The van der Waals surface area contributed by atoms with Crippen LogP contribution in [0.4, 0.5) is 5.82 Å². The van der Waals surface area contributed by atoms with E-state index < -0.39 is 0 Å². The third kappa shape index (κ3) is 2.51. The van der Waals surface area contributed by atoms with Gasteiger partial charge in [0.05, 0.1) is 12.7 Å². The molecule has 0 saturated carbocycles. The Morgan fingerprint density at radius 1 is 1.12 bits per heavy atom. The lowest BCUT2D eigenvalue weighted by Gasteiger charge is -2.44. The van der Waals surface area contributed by atoms with Crippen molar-refractivity contribution in [1.29, 1.82) is 5.26 Å². The molecule has 7 heteroatoms. The van der Waals surface area contributed by atoms with E-state index in [1.54, 1.807) is 16.1 Å². The fourth-order valence-corrected chi connectivity index (χ4v) is 3.35. The number of anilines is 1. The molecule has 2 aliphatic heterocycles. The molecule has 0 unspecified atom stereocenters. The number of rotatable bonds is 2. The molecule has 1 aromatic heterocycles. The van der Waals surface area contributed by atoms with Crippen LogP contribution in [0.25, 0.3) is 5.69 Å². The average molecular weight is 322 g/mol. The molecule has 0 bridgehead atoms. The second-order valence-corrected chi connectivity index (χ2v) is 6.06. The number of benzene rings is 1. The number of carbonyl (C=O) groups excluding carboxylic acids is 1. The van der Waals surface area contributed by atoms with Crippen molar-refractivity contribution in [2.45, 2.75) is 6.04 Å². The summed E-state index contributed by atoms with van der Waals surface area (Å²) in [4.78, 5) is 22.8. The number of imidazole rings is 1. The zero-order valence-electron chi connectivity index (χ0n) is 13.2. The number of aromatic nitrogens is 2. The third-order valence-electron chi connectivity index (χ3n) is 4.69. The highest BCUT2D eigenvalue weighted by atomic mass is 16.2. The molecule has 3 heterocycles. The lowest BCUT2D eigenvalue weighted by Crippen LogP contribution is -2.64. The first kappa shape index (κ1) is 14.7. The molecular weight excluding hydrogens is 304 g/mol. The van der Waals surface area contributed by atoms with Gasteiger partial charge in [0.2, 0.25) is 5.91 Å². The number of para-hydroxylation sites is 1. The van der Waals surface area contributed by atoms with Crippen molar-refractivity contribution >= 4 is 11.7 Å². The molecule has 0 aliphatic carbocycles. The Hall–Kier alpha value is -2.85. The second kappa shape index (κ2) is 5.98. The molecule has 0 N–H and O–H groups in total. The molecule has 2 aliphatic rings. The van der Waals surface area contributed by atoms with Gasteiger partial charge in [0, 0.05) is 31.9 Å². The van der Waals surface area contributed by atoms with E-state index in [9.17, 15) is 4.79 Å². The highest BCUT2D eigenvalue weighted by molar-refractivity contribution is 5.97. The Morgan fingerprint density at radius 2 is 1.92 bits per heavy atom. The van der Waals surface area contributed by atoms with Crippen molar-refractivity contribution in [3.05, 3.63) is 42.9 Å². The van der Waals surface area contributed by atoms with E-state index in [-0.39, 0.29) is 11.9 Å². The van der Waals surface area contributed by atoms with Crippen molar-refractivity contribution in [1.82, 2.24) is 19.4 Å². The lowest BCUT2D eigenvalue weighted by atomic mass is 10.1. The number of hydrogen-bond acceptors (Lipinski definition) is 5. The fraction of sp³-hybridized carbons (Fsp3) is 0.353. The van der Waals surface area contributed by atoms with Gasteiger partial charge in [-0.1, -0.05) is 18.2 Å². The Bertz CT molecular complexity index is 780. The molecule has 2 fully saturated rings. The van der Waals surface area contributed by atoms with Crippen LogP contribution in [-0.4, -0.2) is 64.0 Å². The summed E-state index contributed by atoms with van der Waals surface area (Å²) in [6.45, 7) is 3.37. The van der Waals surface area contributed by atoms with Crippen molar-refractivity contribution < 1.29 is 4.79 Å². The summed E-state index contributed by atoms with van der Waals surface area (Å²) in [5.41, 5.74) is 1.01. The molecule has 0 spiro atoms. The van der Waals surface area contributed by atoms with Crippen LogP contribution in [0.1, 0.15) is 0 Å². The van der Waals surface area contributed by atoms with Crippen molar-refractivity contribution in [2.75, 3.05) is 37.6 Å². The SMILES string of the molecule is N#CN1CCN2CCN(c3cn(-c4ccccc4)cn3)C(=O)[C@H]2C1. The minimum atomic E-state index is -0.256. The number of nitrogens with zero attached hydrogens (tertiary/aromatic N) is 6. The maximum absolute atomic E-state index is 12.9. The first-order valence-corrected chi connectivity index (χ1v) is 8.06. The average Bonchev–Trinajstić information content (AvgIpc) is 3.12. The van der Waals surface area contributed by atoms with Gasteiger partial charge in [0.1, 0.15) is 12.4 Å². The smallest absolute Gasteiger partial charge is 0.247 e. The summed E-state index contributed by atoms with van der Waals surface area (Å²) in [7, 11) is 0. The molecule has 2 aromatic rings. The molecule has 24 heavy (non-hydrogen) atoms. The largest absolute Gasteiger partial charge is 0.307 e. The summed E-state index contributed by atoms with van der Waals surface area (Å²) in [6.07, 6.45) is 5.77. The summed E-state index contributed by atoms with van der Waals surface area (Å²) >= 11 is 0. The summed E-state index contributed by atoms with van der Waals surface area (Å²) in [5, 5.41) is 9.10. The Balaban J connectivity index is 1.56. The molecule has 7 nitrogen and oxygen atoms in total. The van der Waals surface area contributed by atoms with Gasteiger partial charge in [0.25, 0.3) is 0 Å². The number of nitriles is 1. The Labute approximate surface area is 140 Å². The molecule has 2 saturated heterocycles. The topological polar surface area (TPSA) is 68.4 Å². The maximum atomic E-state index is 12.9. The minimum absolute atomic E-state index is 0.0273. The number of hydrogen-bond donors (Lipinski definition) is 0. The minimum Gasteiger partial charge on any atom is -0.307 e. The van der Waals surface area contributed by atoms with Crippen LogP contribution >= 0.6 is 0 Å². The van der Waals surface area contributed by atoms with E-state index in [0.29, 0.717) is 25.5 Å². The summed E-state index contributed by atoms with van der Waals surface area (Å²) < 4.78 is 1.91. The molecule has 1 amide bonds. The first-order chi connectivity index (χ1) is 11.8. The van der Waals surface area contributed by atoms with E-state index in [0.717, 1.165) is 18.8 Å². The van der Waals surface area contributed by atoms with Gasteiger partial charge in [-0.05, 0) is 12.1 Å². The van der Waals surface area contributed by atoms with Crippen molar-refractivity contribution in [3.8, 4) is 11.9 Å². The summed E-state index contributed by atoms with van der Waals surface area (Å²) in [6, 6.07) is 9.64. The van der Waals surface area contributed by atoms with Crippen LogP contribution in [-0.2, 0) is 4.79 Å². The lowest BCUT2D eigenvalue weighted by molar-refractivity contribution is -0.127. The zero-order chi connectivity index (χ0) is 16.5. The predicted octanol–water partition coefficient (Wildman–Crippen LogP) is 0.686. The molecule has 122 valence electrons. The highest BCUT2D eigenvalue weighted by Gasteiger charge is 2.39. The first-order valence-electron chi connectivity index (χ1n) is 8.06. The van der Waals surface area contributed by atoms with Crippen LogP contribution in [0.2, 0.25) is 0 Å². The molecular formula is C17H18N6O. The zero-order valence-corrected chi connectivity index (χ0v) is 13.2. The Morgan fingerprint density at radius 3 is 2.71 bits per heavy atom. The standard InChI is InChI=1S/C17H18N6O/c18-12-20-6-7-21-8-9-23(17(24)15(21)10-20)16-11-22(13-19-16)14-4-2-1-3-5-14/h1-5,11,13,15H,6-10H2/t15-/m1/s1. The van der Waals surface area contributed by atoms with Crippen molar-refractivity contribution in [3.63, 3.8) is 0 Å². The van der Waals surface area contributed by atoms with Gasteiger partial charge >= 0.3 is 0 Å². The van der Waals surface area contributed by atoms with E-state index in [1.807, 2.05) is 41.1 Å². The number of carbonyl (C=O) groups is 1. The van der Waals surface area contributed by atoms with Gasteiger partial charge in [-0.25, -0.2) is 4.98 Å². The fourth-order valence-electron chi connectivity index (χ4n) is 3.35. The highest BCUT2D eigenvalue weighted by Crippen LogP contribution is 2.22. The normalized spacial score (nSPS) is 21.5. The van der Waals surface area contributed by atoms with Crippen LogP contribution in [0.15, 0.2) is 42.9 Å². The van der Waals surface area contributed by atoms with Gasteiger partial charge in [0.15, 0.2) is 12.0 Å². The second-order valence-electron chi connectivity index (χ2n) is 6.06. The van der Waals surface area contributed by atoms with E-state index in [4.69, 9.17) is 5.26 Å². The number of fused-ring (bicyclic) bond motifs is 1. The van der Waals surface area contributed by atoms with E-state index in [2.05, 4.69) is 16.1 Å². The van der Waals surface area contributed by atoms with Gasteiger partial charge < -0.3 is 9.47 Å². The number of piperazine rings is 2. The molecule has 1 aromatic carbocycles.